The van der Waals surface area contributed by atoms with Crippen LogP contribution in [-0.2, 0) is 11.2 Å². The Hall–Kier alpha value is -1.12. The molecule has 15 heavy (non-hydrogen) atoms. The Labute approximate surface area is 90.7 Å². The second kappa shape index (κ2) is 5.10. The molecule has 2 rings (SSSR count). The molecular formula is C13H17NO. The van der Waals surface area contributed by atoms with E-state index in [4.69, 9.17) is 10.5 Å². The van der Waals surface area contributed by atoms with E-state index in [1.165, 1.54) is 11.1 Å². The molecule has 0 spiro atoms. The first-order chi connectivity index (χ1) is 7.38. The maximum Gasteiger partial charge on any atom is 0.0519 e. The third kappa shape index (κ3) is 2.91. The SMILES string of the molecule is NC/C=C/c1ccc(CC2COC2)cc1. The van der Waals surface area contributed by atoms with E-state index in [-0.39, 0.29) is 0 Å². The third-order valence-corrected chi connectivity index (χ3v) is 2.66. The van der Waals surface area contributed by atoms with E-state index in [1.54, 1.807) is 0 Å². The van der Waals surface area contributed by atoms with Gasteiger partial charge in [0.05, 0.1) is 13.2 Å². The van der Waals surface area contributed by atoms with Gasteiger partial charge in [0, 0.05) is 12.5 Å². The third-order valence-electron chi connectivity index (χ3n) is 2.66. The van der Waals surface area contributed by atoms with Gasteiger partial charge in [-0.3, -0.25) is 0 Å². The lowest BCUT2D eigenvalue weighted by Gasteiger charge is -2.25. The predicted octanol–water partition coefficient (Wildman–Crippen LogP) is 1.85. The zero-order valence-electron chi connectivity index (χ0n) is 8.86. The monoisotopic (exact) mass is 203 g/mol. The van der Waals surface area contributed by atoms with Crippen molar-refractivity contribution in [3.8, 4) is 0 Å². The molecule has 1 saturated heterocycles. The van der Waals surface area contributed by atoms with Crippen LogP contribution in [0.5, 0.6) is 0 Å². The summed E-state index contributed by atoms with van der Waals surface area (Å²) in [6, 6.07) is 8.66. The number of benzene rings is 1. The Morgan fingerprint density at radius 3 is 2.53 bits per heavy atom. The van der Waals surface area contributed by atoms with Gasteiger partial charge in [-0.2, -0.15) is 0 Å². The molecule has 1 aromatic carbocycles. The van der Waals surface area contributed by atoms with E-state index < -0.39 is 0 Å². The molecule has 1 aliphatic rings. The molecule has 0 radical (unpaired) electrons. The molecular weight excluding hydrogens is 186 g/mol. The van der Waals surface area contributed by atoms with Crippen molar-refractivity contribution in [1.82, 2.24) is 0 Å². The molecule has 80 valence electrons. The number of rotatable bonds is 4. The smallest absolute Gasteiger partial charge is 0.0519 e. The Morgan fingerprint density at radius 1 is 1.27 bits per heavy atom. The maximum absolute atomic E-state index is 5.40. The highest BCUT2D eigenvalue weighted by Gasteiger charge is 2.18. The minimum absolute atomic E-state index is 0.598. The maximum atomic E-state index is 5.40. The zero-order valence-corrected chi connectivity index (χ0v) is 8.86. The molecule has 2 nitrogen and oxygen atoms in total. The van der Waals surface area contributed by atoms with E-state index in [2.05, 4.69) is 30.3 Å². The number of ether oxygens (including phenoxy) is 1. The van der Waals surface area contributed by atoms with Gasteiger partial charge in [0.25, 0.3) is 0 Å². The van der Waals surface area contributed by atoms with Gasteiger partial charge in [0.15, 0.2) is 0 Å². The Kier molecular flexibility index (Phi) is 3.54. The van der Waals surface area contributed by atoms with Crippen LogP contribution in [0.1, 0.15) is 11.1 Å². The molecule has 0 amide bonds. The summed E-state index contributed by atoms with van der Waals surface area (Å²) in [6.45, 7) is 2.45. The second-order valence-corrected chi connectivity index (χ2v) is 3.99. The van der Waals surface area contributed by atoms with Gasteiger partial charge < -0.3 is 10.5 Å². The van der Waals surface area contributed by atoms with Crippen LogP contribution in [0.4, 0.5) is 0 Å². The molecule has 0 unspecified atom stereocenters. The minimum atomic E-state index is 0.598. The molecule has 1 aromatic rings. The standard InChI is InChI=1S/C13H17NO/c14-7-1-2-11-3-5-12(6-4-11)8-13-9-15-10-13/h1-6,13H,7-10,14H2/b2-1+. The molecule has 2 N–H and O–H groups in total. The fraction of sp³-hybridized carbons (Fsp3) is 0.385. The fourth-order valence-corrected chi connectivity index (χ4v) is 1.70. The van der Waals surface area contributed by atoms with Crippen molar-refractivity contribution in [2.75, 3.05) is 19.8 Å². The summed E-state index contributed by atoms with van der Waals surface area (Å²) < 4.78 is 5.16. The van der Waals surface area contributed by atoms with Crippen LogP contribution in [0.15, 0.2) is 30.3 Å². The highest BCUT2D eigenvalue weighted by molar-refractivity contribution is 5.49. The zero-order chi connectivity index (χ0) is 10.5. The van der Waals surface area contributed by atoms with Gasteiger partial charge in [-0.1, -0.05) is 36.4 Å². The first-order valence-corrected chi connectivity index (χ1v) is 5.42. The highest BCUT2D eigenvalue weighted by atomic mass is 16.5. The first-order valence-electron chi connectivity index (χ1n) is 5.42. The van der Waals surface area contributed by atoms with Gasteiger partial charge in [0.1, 0.15) is 0 Å². The Morgan fingerprint density at radius 2 is 2.00 bits per heavy atom. The molecule has 1 aliphatic heterocycles. The molecule has 1 heterocycles. The van der Waals surface area contributed by atoms with Crippen molar-refractivity contribution in [1.29, 1.82) is 0 Å². The van der Waals surface area contributed by atoms with E-state index in [9.17, 15) is 0 Å². The predicted molar refractivity (Wildman–Crippen MR) is 62.5 cm³/mol. The number of hydrogen-bond acceptors (Lipinski definition) is 2. The summed E-state index contributed by atoms with van der Waals surface area (Å²) in [5.74, 6) is 0.732. The summed E-state index contributed by atoms with van der Waals surface area (Å²) in [5, 5.41) is 0. The lowest BCUT2D eigenvalue weighted by molar-refractivity contribution is -0.0312. The molecule has 0 aromatic heterocycles. The molecule has 0 saturated carbocycles. The van der Waals surface area contributed by atoms with Crippen molar-refractivity contribution >= 4 is 6.08 Å². The number of hydrogen-bond donors (Lipinski definition) is 1. The second-order valence-electron chi connectivity index (χ2n) is 3.99. The topological polar surface area (TPSA) is 35.2 Å². The summed E-state index contributed by atoms with van der Waals surface area (Å²) in [6.07, 6.45) is 5.16. The van der Waals surface area contributed by atoms with Crippen LogP contribution >= 0.6 is 0 Å². The van der Waals surface area contributed by atoms with E-state index in [0.717, 1.165) is 25.6 Å². The molecule has 0 atom stereocenters. The van der Waals surface area contributed by atoms with Crippen LogP contribution in [0, 0.1) is 5.92 Å². The van der Waals surface area contributed by atoms with E-state index >= 15 is 0 Å². The fourth-order valence-electron chi connectivity index (χ4n) is 1.70. The number of nitrogens with two attached hydrogens (primary N) is 1. The van der Waals surface area contributed by atoms with Gasteiger partial charge in [-0.15, -0.1) is 0 Å². The average Bonchev–Trinajstić information content (AvgIpc) is 2.22. The van der Waals surface area contributed by atoms with Gasteiger partial charge in [-0.05, 0) is 17.5 Å². The highest BCUT2D eigenvalue weighted by Crippen LogP contribution is 2.17. The first kappa shape index (κ1) is 10.4. The summed E-state index contributed by atoms with van der Waals surface area (Å²) in [5.41, 5.74) is 8.01. The average molecular weight is 203 g/mol. The molecule has 0 aliphatic carbocycles. The van der Waals surface area contributed by atoms with Crippen LogP contribution in [0.3, 0.4) is 0 Å². The summed E-state index contributed by atoms with van der Waals surface area (Å²) in [4.78, 5) is 0. The molecule has 1 fully saturated rings. The van der Waals surface area contributed by atoms with Crippen molar-refractivity contribution in [2.24, 2.45) is 11.7 Å². The normalized spacial score (nSPS) is 16.9. The van der Waals surface area contributed by atoms with Crippen LogP contribution in [0.25, 0.3) is 6.08 Å². The van der Waals surface area contributed by atoms with Gasteiger partial charge in [0.2, 0.25) is 0 Å². The lowest BCUT2D eigenvalue weighted by atomic mass is 9.97. The van der Waals surface area contributed by atoms with Crippen molar-refractivity contribution in [3.05, 3.63) is 41.5 Å². The van der Waals surface area contributed by atoms with Crippen LogP contribution in [0.2, 0.25) is 0 Å². The lowest BCUT2D eigenvalue weighted by Crippen LogP contribution is -2.29. The van der Waals surface area contributed by atoms with Crippen molar-refractivity contribution in [2.45, 2.75) is 6.42 Å². The minimum Gasteiger partial charge on any atom is -0.381 e. The van der Waals surface area contributed by atoms with Crippen LogP contribution in [-0.4, -0.2) is 19.8 Å². The van der Waals surface area contributed by atoms with E-state index in [1.807, 2.05) is 6.08 Å². The van der Waals surface area contributed by atoms with Crippen molar-refractivity contribution in [3.63, 3.8) is 0 Å². The summed E-state index contributed by atoms with van der Waals surface area (Å²) in [7, 11) is 0. The Balaban J connectivity index is 1.93. The van der Waals surface area contributed by atoms with Crippen molar-refractivity contribution < 1.29 is 4.74 Å². The van der Waals surface area contributed by atoms with Crippen LogP contribution < -0.4 is 5.73 Å². The van der Waals surface area contributed by atoms with E-state index in [0.29, 0.717) is 6.54 Å². The largest absolute Gasteiger partial charge is 0.381 e. The molecule has 2 heteroatoms. The summed E-state index contributed by atoms with van der Waals surface area (Å²) >= 11 is 0. The Bertz CT molecular complexity index is 325. The van der Waals surface area contributed by atoms with Gasteiger partial charge in [-0.25, -0.2) is 0 Å². The quantitative estimate of drug-likeness (QED) is 0.810. The molecule has 0 bridgehead atoms. The van der Waals surface area contributed by atoms with Gasteiger partial charge >= 0.3 is 0 Å².